The number of aliphatic hydroxyl groups is 2. The van der Waals surface area contributed by atoms with Gasteiger partial charge in [-0.05, 0) is 45.6 Å². The number of fused-ring (bicyclic) bond motifs is 1. The number of aliphatic carboxylic acids is 2. The van der Waals surface area contributed by atoms with E-state index in [2.05, 4.69) is 5.32 Å². The molecule has 1 saturated heterocycles. The lowest BCUT2D eigenvalue weighted by molar-refractivity contribution is -0.165. The molecule has 2 aliphatic heterocycles. The third kappa shape index (κ3) is 8.65. The lowest BCUT2D eigenvalue weighted by Crippen LogP contribution is -2.50. The van der Waals surface area contributed by atoms with Gasteiger partial charge in [-0.25, -0.2) is 18.4 Å². The highest BCUT2D eigenvalue weighted by atomic mass is 35.5. The van der Waals surface area contributed by atoms with Crippen LogP contribution in [0.4, 0.5) is 14.5 Å². The molecule has 14 heteroatoms. The van der Waals surface area contributed by atoms with Crippen LogP contribution in [0.1, 0.15) is 49.0 Å². The SMILES string of the molecule is CC(C)(F)CN1CCC(F)(CNC(=O)c2cc(Cl)c(N)c3c2OCCC3)CC1.O=C(O)C(O)C(O)C(=O)O. The van der Waals surface area contributed by atoms with E-state index < -0.39 is 41.4 Å². The number of likely N-dealkylation sites (tertiary alicyclic amines) is 1. The van der Waals surface area contributed by atoms with E-state index in [0.717, 1.165) is 12.0 Å². The maximum Gasteiger partial charge on any atom is 0.335 e. The second kappa shape index (κ2) is 12.9. The van der Waals surface area contributed by atoms with Gasteiger partial charge in [-0.2, -0.15) is 0 Å². The standard InChI is InChI=1S/C20H28ClF2N3O2.C4H6O6/c1-19(2,22)12-26-7-5-20(23,6-8-26)11-25-18(27)14-10-15(21)16(24)13-4-3-9-28-17(13)14;5-1(3(7)8)2(6)4(9)10/h10H,3-9,11-12,24H2,1-2H3,(H,25,27);1-2,5-6H,(H,7,8)(H,9,10). The third-order valence-electron chi connectivity index (χ3n) is 6.16. The van der Waals surface area contributed by atoms with Gasteiger partial charge in [0.15, 0.2) is 12.2 Å². The van der Waals surface area contributed by atoms with Gasteiger partial charge in [0.2, 0.25) is 0 Å². The van der Waals surface area contributed by atoms with Crippen molar-refractivity contribution in [3.05, 3.63) is 22.2 Å². The summed E-state index contributed by atoms with van der Waals surface area (Å²) in [6, 6.07) is 1.48. The molecule has 0 aromatic heterocycles. The molecule has 0 spiro atoms. The molecule has 2 aliphatic rings. The number of ether oxygens (including phenoxy) is 1. The smallest absolute Gasteiger partial charge is 0.335 e. The minimum absolute atomic E-state index is 0.102. The number of nitrogens with zero attached hydrogens (tertiary/aromatic N) is 1. The van der Waals surface area contributed by atoms with Gasteiger partial charge in [0.1, 0.15) is 17.1 Å². The topological polar surface area (TPSA) is 183 Å². The largest absolute Gasteiger partial charge is 0.492 e. The van der Waals surface area contributed by atoms with Crippen LogP contribution in [0.15, 0.2) is 6.07 Å². The first-order chi connectivity index (χ1) is 17.5. The quantitative estimate of drug-likeness (QED) is 0.252. The van der Waals surface area contributed by atoms with Crippen molar-refractivity contribution in [3.8, 4) is 5.75 Å². The summed E-state index contributed by atoms with van der Waals surface area (Å²) < 4.78 is 34.6. The van der Waals surface area contributed by atoms with E-state index in [1.54, 1.807) is 0 Å². The van der Waals surface area contributed by atoms with Gasteiger partial charge in [-0.1, -0.05) is 11.6 Å². The van der Waals surface area contributed by atoms with E-state index in [1.165, 1.54) is 19.9 Å². The van der Waals surface area contributed by atoms with Crippen LogP contribution in [0.25, 0.3) is 0 Å². The number of nitrogens with one attached hydrogen (secondary N) is 1. The molecule has 1 amide bonds. The lowest BCUT2D eigenvalue weighted by Gasteiger charge is -2.38. The zero-order valence-corrected chi connectivity index (χ0v) is 21.9. The molecule has 11 nitrogen and oxygen atoms in total. The Morgan fingerprint density at radius 3 is 2.26 bits per heavy atom. The van der Waals surface area contributed by atoms with Crippen molar-refractivity contribution in [2.45, 2.75) is 63.1 Å². The molecule has 1 aromatic rings. The number of anilines is 1. The molecule has 2 unspecified atom stereocenters. The van der Waals surface area contributed by atoms with Crippen molar-refractivity contribution in [1.82, 2.24) is 10.2 Å². The summed E-state index contributed by atoms with van der Waals surface area (Å²) in [4.78, 5) is 34.2. The lowest BCUT2D eigenvalue weighted by atomic mass is 9.92. The van der Waals surface area contributed by atoms with Crippen LogP contribution in [-0.4, -0.2) is 99.5 Å². The first kappa shape index (κ1) is 31.5. The van der Waals surface area contributed by atoms with Crippen molar-refractivity contribution in [2.24, 2.45) is 0 Å². The number of alkyl halides is 2. The number of nitrogen functional groups attached to an aromatic ring is 1. The Kier molecular flexibility index (Phi) is 10.7. The average Bonchev–Trinajstić information content (AvgIpc) is 2.85. The maximum absolute atomic E-state index is 15.1. The van der Waals surface area contributed by atoms with Crippen LogP contribution in [0.3, 0.4) is 0 Å². The number of halogens is 3. The minimum Gasteiger partial charge on any atom is -0.492 e. The summed E-state index contributed by atoms with van der Waals surface area (Å²) in [5.74, 6) is -3.52. The molecule has 7 N–H and O–H groups in total. The van der Waals surface area contributed by atoms with Crippen molar-refractivity contribution in [1.29, 1.82) is 0 Å². The van der Waals surface area contributed by atoms with Crippen molar-refractivity contribution in [2.75, 3.05) is 38.5 Å². The van der Waals surface area contributed by atoms with Crippen LogP contribution in [0.5, 0.6) is 5.75 Å². The van der Waals surface area contributed by atoms with Crippen LogP contribution in [0.2, 0.25) is 5.02 Å². The third-order valence-corrected chi connectivity index (χ3v) is 6.47. The Balaban J connectivity index is 0.000000432. The van der Waals surface area contributed by atoms with E-state index >= 15 is 4.39 Å². The van der Waals surface area contributed by atoms with Gasteiger partial charge in [0.25, 0.3) is 5.91 Å². The fourth-order valence-corrected chi connectivity index (χ4v) is 4.35. The number of carboxylic acid groups (broad SMARTS) is 2. The maximum atomic E-state index is 15.1. The molecular formula is C24H34ClF2N3O8. The molecule has 0 aliphatic carbocycles. The summed E-state index contributed by atoms with van der Waals surface area (Å²) in [5, 5.41) is 35.5. The number of carbonyl (C=O) groups is 3. The fourth-order valence-electron chi connectivity index (χ4n) is 4.13. The molecule has 1 aromatic carbocycles. The van der Waals surface area contributed by atoms with Gasteiger partial charge < -0.3 is 36.2 Å². The van der Waals surface area contributed by atoms with Crippen LogP contribution >= 0.6 is 11.6 Å². The van der Waals surface area contributed by atoms with Crippen LogP contribution in [0, 0.1) is 0 Å². The van der Waals surface area contributed by atoms with E-state index in [0.29, 0.717) is 42.6 Å². The van der Waals surface area contributed by atoms with Crippen molar-refractivity contribution in [3.63, 3.8) is 0 Å². The number of carbonyl (C=O) groups excluding carboxylic acids is 1. The molecule has 0 bridgehead atoms. The number of rotatable bonds is 8. The van der Waals surface area contributed by atoms with E-state index in [-0.39, 0.29) is 31.5 Å². The van der Waals surface area contributed by atoms with E-state index in [1.807, 2.05) is 4.90 Å². The van der Waals surface area contributed by atoms with Gasteiger partial charge >= 0.3 is 11.9 Å². The molecule has 2 heterocycles. The Labute approximate surface area is 223 Å². The Bertz CT molecular complexity index is 1010. The molecule has 0 saturated carbocycles. The highest BCUT2D eigenvalue weighted by Gasteiger charge is 2.37. The second-order valence-electron chi connectivity index (χ2n) is 9.97. The summed E-state index contributed by atoms with van der Waals surface area (Å²) >= 11 is 6.17. The number of carboxylic acids is 2. The molecule has 1 fully saturated rings. The highest BCUT2D eigenvalue weighted by molar-refractivity contribution is 6.33. The number of amides is 1. The number of hydrogen-bond donors (Lipinski definition) is 6. The second-order valence-corrected chi connectivity index (χ2v) is 10.4. The number of nitrogens with two attached hydrogens (primary N) is 1. The van der Waals surface area contributed by atoms with E-state index in [9.17, 15) is 18.8 Å². The summed E-state index contributed by atoms with van der Waals surface area (Å²) in [6.07, 6.45) is -2.54. The highest BCUT2D eigenvalue weighted by Crippen LogP contribution is 2.38. The van der Waals surface area contributed by atoms with E-state index in [4.69, 9.17) is 42.5 Å². The summed E-state index contributed by atoms with van der Waals surface area (Å²) in [6.45, 7) is 4.65. The number of piperidine rings is 1. The molecule has 38 heavy (non-hydrogen) atoms. The van der Waals surface area contributed by atoms with Crippen LogP contribution < -0.4 is 15.8 Å². The molecule has 214 valence electrons. The Morgan fingerprint density at radius 1 is 1.21 bits per heavy atom. The molecule has 2 atom stereocenters. The van der Waals surface area contributed by atoms with Crippen LogP contribution in [-0.2, 0) is 16.0 Å². The summed E-state index contributed by atoms with van der Waals surface area (Å²) in [7, 11) is 0. The monoisotopic (exact) mass is 565 g/mol. The van der Waals surface area contributed by atoms with Crippen molar-refractivity contribution >= 4 is 35.1 Å². The molecule has 3 rings (SSSR count). The Hall–Kier alpha value is -2.74. The number of aliphatic hydroxyl groups excluding tert-OH is 2. The van der Waals surface area contributed by atoms with Gasteiger partial charge in [-0.3, -0.25) is 9.69 Å². The van der Waals surface area contributed by atoms with Gasteiger partial charge in [-0.15, -0.1) is 0 Å². The predicted octanol–water partition coefficient (Wildman–Crippen LogP) is 1.41. The zero-order chi connectivity index (χ0) is 28.8. The molecule has 0 radical (unpaired) electrons. The first-order valence-corrected chi connectivity index (χ1v) is 12.4. The minimum atomic E-state index is -2.27. The number of benzene rings is 1. The molecular weight excluding hydrogens is 532 g/mol. The van der Waals surface area contributed by atoms with Gasteiger partial charge in [0, 0.05) is 25.2 Å². The zero-order valence-electron chi connectivity index (χ0n) is 21.2. The number of hydrogen-bond acceptors (Lipinski definition) is 8. The average molecular weight is 566 g/mol. The normalized spacial score (nSPS) is 18.6. The first-order valence-electron chi connectivity index (χ1n) is 12.0. The van der Waals surface area contributed by atoms with Gasteiger partial charge in [0.05, 0.1) is 29.4 Å². The Morgan fingerprint density at radius 2 is 1.76 bits per heavy atom. The summed E-state index contributed by atoms with van der Waals surface area (Å²) in [5.41, 5.74) is 4.64. The van der Waals surface area contributed by atoms with Crippen molar-refractivity contribution < 1.29 is 48.3 Å². The fraction of sp³-hybridized carbons (Fsp3) is 0.625. The predicted molar refractivity (Wildman–Crippen MR) is 134 cm³/mol.